The van der Waals surface area contributed by atoms with E-state index in [0.717, 1.165) is 0 Å². The number of carbonyl (C=O) groups excluding carboxylic acids is 1. The van der Waals surface area contributed by atoms with Gasteiger partial charge in [-0.2, -0.15) is 0 Å². The fourth-order valence-corrected chi connectivity index (χ4v) is 2.18. The molecule has 1 aromatic heterocycles. The number of carbonyl (C=O) groups is 1. The first-order chi connectivity index (χ1) is 7.47. The Kier molecular flexibility index (Phi) is 4.31. The number of amides is 1. The van der Waals surface area contributed by atoms with E-state index in [1.807, 2.05) is 18.5 Å². The molecule has 1 rings (SSSR count). The van der Waals surface area contributed by atoms with Gasteiger partial charge in [0.15, 0.2) is 5.16 Å². The maximum Gasteiger partial charge on any atom is 0.235 e. The largest absolute Gasteiger partial charge is 0.348 e. The van der Waals surface area contributed by atoms with Crippen LogP contribution in [-0.4, -0.2) is 44.9 Å². The molecule has 0 radical (unpaired) electrons. The van der Waals surface area contributed by atoms with Gasteiger partial charge in [0.1, 0.15) is 5.82 Å². The molecule has 0 saturated carbocycles. The van der Waals surface area contributed by atoms with Gasteiger partial charge in [-0.05, 0) is 6.92 Å². The molecule has 0 spiro atoms. The Balaban J connectivity index is 2.73. The topological polar surface area (TPSA) is 77.0 Å². The van der Waals surface area contributed by atoms with Crippen LogP contribution in [-0.2, 0) is 18.4 Å². The molecule has 16 heavy (non-hydrogen) atoms. The summed E-state index contributed by atoms with van der Waals surface area (Å²) in [7, 11) is 5.32. The zero-order valence-electron chi connectivity index (χ0n) is 9.97. The first-order valence-corrected chi connectivity index (χ1v) is 5.81. The predicted molar refractivity (Wildman–Crippen MR) is 62.9 cm³/mol. The maximum absolute atomic E-state index is 11.7. The molecule has 7 heteroatoms. The van der Waals surface area contributed by atoms with Crippen LogP contribution >= 0.6 is 11.8 Å². The minimum absolute atomic E-state index is 0.0577. The highest BCUT2D eigenvalue weighted by Gasteiger charge is 2.19. The van der Waals surface area contributed by atoms with Crippen molar-refractivity contribution in [3.05, 3.63) is 5.82 Å². The number of nitrogens with zero attached hydrogens (tertiary/aromatic N) is 4. The van der Waals surface area contributed by atoms with E-state index in [2.05, 4.69) is 10.2 Å². The molecule has 1 atom stereocenters. The third-order valence-electron chi connectivity index (χ3n) is 2.18. The average molecular weight is 243 g/mol. The smallest absolute Gasteiger partial charge is 0.235 e. The number of hydrogen-bond acceptors (Lipinski definition) is 5. The molecule has 1 unspecified atom stereocenters. The van der Waals surface area contributed by atoms with Gasteiger partial charge in [-0.15, -0.1) is 10.2 Å². The van der Waals surface area contributed by atoms with Gasteiger partial charge in [-0.1, -0.05) is 11.8 Å². The summed E-state index contributed by atoms with van der Waals surface area (Å²) in [6, 6.07) is 0. The molecule has 2 N–H and O–H groups in total. The van der Waals surface area contributed by atoms with Gasteiger partial charge in [0, 0.05) is 21.1 Å². The third-order valence-corrected chi connectivity index (χ3v) is 3.30. The van der Waals surface area contributed by atoms with E-state index in [4.69, 9.17) is 5.73 Å². The first-order valence-electron chi connectivity index (χ1n) is 4.93. The van der Waals surface area contributed by atoms with Crippen LogP contribution in [0.4, 0.5) is 0 Å². The van der Waals surface area contributed by atoms with E-state index < -0.39 is 0 Å². The average Bonchev–Trinajstić information content (AvgIpc) is 2.58. The quantitative estimate of drug-likeness (QED) is 0.744. The van der Waals surface area contributed by atoms with Gasteiger partial charge in [0.25, 0.3) is 0 Å². The Labute approximate surface area is 99.2 Å². The fourth-order valence-electron chi connectivity index (χ4n) is 1.20. The first kappa shape index (κ1) is 13.0. The van der Waals surface area contributed by atoms with Crippen molar-refractivity contribution in [2.24, 2.45) is 12.8 Å². The second-order valence-corrected chi connectivity index (χ2v) is 4.96. The minimum Gasteiger partial charge on any atom is -0.348 e. The zero-order valence-corrected chi connectivity index (χ0v) is 10.8. The number of hydrogen-bond donors (Lipinski definition) is 1. The lowest BCUT2D eigenvalue weighted by Crippen LogP contribution is -2.29. The summed E-state index contributed by atoms with van der Waals surface area (Å²) in [4.78, 5) is 13.2. The third kappa shape index (κ3) is 2.73. The Morgan fingerprint density at radius 2 is 2.19 bits per heavy atom. The summed E-state index contributed by atoms with van der Waals surface area (Å²) in [5.41, 5.74) is 5.50. The Bertz CT molecular complexity index is 376. The number of nitrogens with two attached hydrogens (primary N) is 1. The van der Waals surface area contributed by atoms with Gasteiger partial charge in [-0.3, -0.25) is 4.79 Å². The standard InChI is InChI=1S/C9H17N5OS/c1-6(8(15)13(2)3)16-9-12-11-7(5-10)14(9)4/h6H,5,10H2,1-4H3. The van der Waals surface area contributed by atoms with Crippen molar-refractivity contribution in [3.63, 3.8) is 0 Å². The maximum atomic E-state index is 11.7. The summed E-state index contributed by atoms with van der Waals surface area (Å²) in [6.07, 6.45) is 0. The lowest BCUT2D eigenvalue weighted by molar-refractivity contribution is -0.127. The summed E-state index contributed by atoms with van der Waals surface area (Å²) >= 11 is 1.39. The van der Waals surface area contributed by atoms with Crippen LogP contribution in [0.25, 0.3) is 0 Å². The van der Waals surface area contributed by atoms with Crippen molar-refractivity contribution in [2.45, 2.75) is 23.9 Å². The Morgan fingerprint density at radius 1 is 1.56 bits per heavy atom. The van der Waals surface area contributed by atoms with E-state index >= 15 is 0 Å². The van der Waals surface area contributed by atoms with Crippen LogP contribution in [0.15, 0.2) is 5.16 Å². The number of rotatable bonds is 4. The van der Waals surface area contributed by atoms with Crippen molar-refractivity contribution in [3.8, 4) is 0 Å². The molecule has 1 aromatic rings. The van der Waals surface area contributed by atoms with E-state index in [-0.39, 0.29) is 11.2 Å². The SMILES string of the molecule is CC(Sc1nnc(CN)n1C)C(=O)N(C)C. The minimum atomic E-state index is -0.177. The zero-order chi connectivity index (χ0) is 12.3. The van der Waals surface area contributed by atoms with Crippen LogP contribution in [0, 0.1) is 0 Å². The van der Waals surface area contributed by atoms with Gasteiger partial charge in [0.2, 0.25) is 5.91 Å². The molecule has 0 saturated heterocycles. The van der Waals surface area contributed by atoms with Crippen molar-refractivity contribution >= 4 is 17.7 Å². The molecule has 0 aromatic carbocycles. The second-order valence-electron chi connectivity index (χ2n) is 3.65. The van der Waals surface area contributed by atoms with Crippen molar-refractivity contribution in [1.29, 1.82) is 0 Å². The Hall–Kier alpha value is -1.08. The van der Waals surface area contributed by atoms with Crippen LogP contribution in [0.3, 0.4) is 0 Å². The Morgan fingerprint density at radius 3 is 2.62 bits per heavy atom. The van der Waals surface area contributed by atoms with Gasteiger partial charge >= 0.3 is 0 Å². The second kappa shape index (κ2) is 5.31. The van der Waals surface area contributed by atoms with Crippen LogP contribution < -0.4 is 5.73 Å². The number of thioether (sulfide) groups is 1. The lowest BCUT2D eigenvalue weighted by Gasteiger charge is -2.15. The summed E-state index contributed by atoms with van der Waals surface area (Å²) in [6.45, 7) is 2.20. The van der Waals surface area contributed by atoms with Crippen molar-refractivity contribution in [2.75, 3.05) is 14.1 Å². The summed E-state index contributed by atoms with van der Waals surface area (Å²) in [5, 5.41) is 8.46. The molecule has 6 nitrogen and oxygen atoms in total. The summed E-state index contributed by atoms with van der Waals surface area (Å²) < 4.78 is 1.81. The van der Waals surface area contributed by atoms with E-state index in [9.17, 15) is 4.79 Å². The van der Waals surface area contributed by atoms with Crippen LogP contribution in [0.5, 0.6) is 0 Å². The van der Waals surface area contributed by atoms with Crippen LogP contribution in [0.2, 0.25) is 0 Å². The van der Waals surface area contributed by atoms with Gasteiger partial charge in [0.05, 0.1) is 11.8 Å². The van der Waals surface area contributed by atoms with Crippen molar-refractivity contribution in [1.82, 2.24) is 19.7 Å². The van der Waals surface area contributed by atoms with Gasteiger partial charge < -0.3 is 15.2 Å². The highest BCUT2D eigenvalue weighted by molar-refractivity contribution is 8.00. The predicted octanol–water partition coefficient (Wildman–Crippen LogP) is -0.157. The molecule has 90 valence electrons. The highest BCUT2D eigenvalue weighted by Crippen LogP contribution is 2.22. The lowest BCUT2D eigenvalue weighted by atomic mass is 10.4. The molecule has 0 bridgehead atoms. The molecule has 1 heterocycles. The molecular weight excluding hydrogens is 226 g/mol. The summed E-state index contributed by atoms with van der Waals surface area (Å²) in [5.74, 6) is 0.773. The van der Waals surface area contributed by atoms with E-state index in [0.29, 0.717) is 17.5 Å². The van der Waals surface area contributed by atoms with E-state index in [1.54, 1.807) is 19.0 Å². The molecule has 1 amide bonds. The normalized spacial score (nSPS) is 12.6. The molecule has 0 aliphatic heterocycles. The van der Waals surface area contributed by atoms with Gasteiger partial charge in [-0.25, -0.2) is 0 Å². The fraction of sp³-hybridized carbons (Fsp3) is 0.667. The molecule has 0 aliphatic rings. The monoisotopic (exact) mass is 243 g/mol. The number of aromatic nitrogens is 3. The molecular formula is C9H17N5OS. The van der Waals surface area contributed by atoms with E-state index in [1.165, 1.54) is 11.8 Å². The molecule has 0 fully saturated rings. The highest BCUT2D eigenvalue weighted by atomic mass is 32.2. The molecule has 0 aliphatic carbocycles. The van der Waals surface area contributed by atoms with Crippen LogP contribution in [0.1, 0.15) is 12.7 Å². The van der Waals surface area contributed by atoms with Crippen molar-refractivity contribution < 1.29 is 4.79 Å².